The van der Waals surface area contributed by atoms with Gasteiger partial charge in [-0.05, 0) is 36.5 Å². The Morgan fingerprint density at radius 2 is 1.68 bits per heavy atom. The first-order valence-corrected chi connectivity index (χ1v) is 11.3. The third kappa shape index (κ3) is 4.69. The van der Waals surface area contributed by atoms with Crippen molar-refractivity contribution in [1.82, 2.24) is 14.7 Å². The summed E-state index contributed by atoms with van der Waals surface area (Å²) in [4.78, 5) is 45.0. The Bertz CT molecular complexity index is 811. The quantitative estimate of drug-likeness (QED) is 0.718. The molecule has 1 atom stereocenters. The smallest absolute Gasteiger partial charge is 0.325 e. The van der Waals surface area contributed by atoms with Gasteiger partial charge in [-0.3, -0.25) is 14.5 Å². The molecule has 3 aliphatic rings. The highest BCUT2D eigenvalue weighted by Crippen LogP contribution is 2.23. The number of amides is 4. The zero-order chi connectivity index (χ0) is 22.0. The van der Waals surface area contributed by atoms with E-state index in [4.69, 9.17) is 4.74 Å². The molecular formula is C23H32N4O4. The lowest BCUT2D eigenvalue weighted by molar-refractivity contribution is -0.146. The van der Waals surface area contributed by atoms with Crippen molar-refractivity contribution in [2.45, 2.75) is 38.7 Å². The van der Waals surface area contributed by atoms with Crippen molar-refractivity contribution in [2.75, 3.05) is 57.3 Å². The van der Waals surface area contributed by atoms with Crippen LogP contribution in [0.25, 0.3) is 0 Å². The zero-order valence-electron chi connectivity index (χ0n) is 18.5. The van der Waals surface area contributed by atoms with E-state index in [0.29, 0.717) is 51.8 Å². The first-order valence-electron chi connectivity index (χ1n) is 11.3. The number of carbonyl (C=O) groups is 3. The fraction of sp³-hybridized carbons (Fsp3) is 0.609. The Hall–Kier alpha value is -2.61. The van der Waals surface area contributed by atoms with Crippen molar-refractivity contribution in [2.24, 2.45) is 0 Å². The monoisotopic (exact) mass is 428 g/mol. The Morgan fingerprint density at radius 3 is 2.29 bits per heavy atom. The van der Waals surface area contributed by atoms with Crippen LogP contribution < -0.4 is 4.90 Å². The van der Waals surface area contributed by atoms with E-state index < -0.39 is 0 Å². The maximum absolute atomic E-state index is 12.8. The Labute approximate surface area is 183 Å². The van der Waals surface area contributed by atoms with E-state index in [1.54, 1.807) is 19.6 Å². The Morgan fingerprint density at radius 1 is 1.00 bits per heavy atom. The predicted molar refractivity (Wildman–Crippen MR) is 117 cm³/mol. The van der Waals surface area contributed by atoms with Crippen molar-refractivity contribution in [1.29, 1.82) is 0 Å². The number of hydrogen-bond donors (Lipinski definition) is 0. The number of carbonyl (C=O) groups excluding carboxylic acids is 3. The lowest BCUT2D eigenvalue weighted by Gasteiger charge is -2.36. The molecule has 0 saturated carbocycles. The van der Waals surface area contributed by atoms with Crippen molar-refractivity contribution < 1.29 is 19.1 Å². The zero-order valence-corrected chi connectivity index (χ0v) is 18.5. The van der Waals surface area contributed by atoms with E-state index in [2.05, 4.69) is 26.0 Å². The van der Waals surface area contributed by atoms with Gasteiger partial charge in [-0.2, -0.15) is 0 Å². The summed E-state index contributed by atoms with van der Waals surface area (Å²) in [5, 5.41) is 0. The van der Waals surface area contributed by atoms with Gasteiger partial charge in [0.15, 0.2) is 0 Å². The first kappa shape index (κ1) is 21.6. The van der Waals surface area contributed by atoms with Crippen LogP contribution in [0.15, 0.2) is 24.3 Å². The standard InChI is InChI=1S/C23H32N4O4/c1-17(2)18-5-7-19(8-6-18)27-14-13-26(23(27)30)16-21(28)24-9-11-25(12-10-24)22(29)20-4-3-15-31-20/h5-8,17,20H,3-4,9-16H2,1-2H3. The van der Waals surface area contributed by atoms with Gasteiger partial charge in [0.1, 0.15) is 12.6 Å². The molecule has 168 valence electrons. The minimum absolute atomic E-state index is 0.0402. The molecule has 0 radical (unpaired) electrons. The van der Waals surface area contributed by atoms with E-state index in [-0.39, 0.29) is 30.5 Å². The summed E-state index contributed by atoms with van der Waals surface area (Å²) < 4.78 is 5.49. The second-order valence-corrected chi connectivity index (χ2v) is 8.81. The molecule has 8 heteroatoms. The lowest BCUT2D eigenvalue weighted by atomic mass is 10.0. The second-order valence-electron chi connectivity index (χ2n) is 8.81. The molecule has 0 spiro atoms. The van der Waals surface area contributed by atoms with Gasteiger partial charge < -0.3 is 19.4 Å². The summed E-state index contributed by atoms with van der Waals surface area (Å²) in [5.41, 5.74) is 2.10. The third-order valence-electron chi connectivity index (χ3n) is 6.44. The van der Waals surface area contributed by atoms with Gasteiger partial charge in [-0.25, -0.2) is 4.79 Å². The van der Waals surface area contributed by atoms with Crippen molar-refractivity contribution in [3.05, 3.63) is 29.8 Å². The molecule has 31 heavy (non-hydrogen) atoms. The molecule has 1 unspecified atom stereocenters. The summed E-state index contributed by atoms with van der Waals surface area (Å²) in [6, 6.07) is 7.93. The van der Waals surface area contributed by atoms with E-state index >= 15 is 0 Å². The first-order chi connectivity index (χ1) is 14.9. The summed E-state index contributed by atoms with van der Waals surface area (Å²) in [7, 11) is 0. The molecule has 1 aromatic rings. The fourth-order valence-corrected chi connectivity index (χ4v) is 4.42. The summed E-state index contributed by atoms with van der Waals surface area (Å²) in [6.07, 6.45) is 1.40. The van der Waals surface area contributed by atoms with Gasteiger partial charge >= 0.3 is 6.03 Å². The van der Waals surface area contributed by atoms with E-state index in [1.165, 1.54) is 5.56 Å². The van der Waals surface area contributed by atoms with Crippen LogP contribution in [-0.4, -0.2) is 91.1 Å². The molecular weight excluding hydrogens is 396 g/mol. The largest absolute Gasteiger partial charge is 0.368 e. The molecule has 8 nitrogen and oxygen atoms in total. The van der Waals surface area contributed by atoms with Crippen LogP contribution in [0.4, 0.5) is 10.5 Å². The lowest BCUT2D eigenvalue weighted by Crippen LogP contribution is -2.54. The number of ether oxygens (including phenoxy) is 1. The molecule has 3 aliphatic heterocycles. The SMILES string of the molecule is CC(C)c1ccc(N2CCN(CC(=O)N3CCN(C(=O)C4CCCO4)CC3)C2=O)cc1. The number of anilines is 1. The van der Waals surface area contributed by atoms with Crippen LogP contribution in [0.2, 0.25) is 0 Å². The van der Waals surface area contributed by atoms with Gasteiger partial charge in [-0.1, -0.05) is 26.0 Å². The molecule has 1 aromatic carbocycles. The van der Waals surface area contributed by atoms with Crippen LogP contribution in [-0.2, 0) is 14.3 Å². The van der Waals surface area contributed by atoms with Crippen molar-refractivity contribution in [3.8, 4) is 0 Å². The molecule has 4 rings (SSSR count). The normalized spacial score (nSPS) is 22.0. The minimum atomic E-state index is -0.315. The van der Waals surface area contributed by atoms with Crippen LogP contribution in [0.5, 0.6) is 0 Å². The average Bonchev–Trinajstić information content (AvgIpc) is 3.44. The fourth-order valence-electron chi connectivity index (χ4n) is 4.42. The van der Waals surface area contributed by atoms with Gasteiger partial charge in [-0.15, -0.1) is 0 Å². The Balaban J connectivity index is 1.27. The number of hydrogen-bond acceptors (Lipinski definition) is 4. The van der Waals surface area contributed by atoms with E-state index in [0.717, 1.165) is 18.5 Å². The summed E-state index contributed by atoms with van der Waals surface area (Å²) in [6.45, 7) is 8.17. The molecule has 3 heterocycles. The minimum Gasteiger partial charge on any atom is -0.368 e. The molecule has 0 aliphatic carbocycles. The molecule has 0 aromatic heterocycles. The van der Waals surface area contributed by atoms with Gasteiger partial charge in [0.25, 0.3) is 5.91 Å². The van der Waals surface area contributed by atoms with Gasteiger partial charge in [0, 0.05) is 51.6 Å². The predicted octanol–water partition coefficient (Wildman–Crippen LogP) is 1.90. The number of benzene rings is 1. The molecule has 3 fully saturated rings. The van der Waals surface area contributed by atoms with Crippen LogP contribution in [0.1, 0.15) is 38.2 Å². The average molecular weight is 429 g/mol. The molecule has 0 bridgehead atoms. The van der Waals surface area contributed by atoms with Gasteiger partial charge in [0.05, 0.1) is 0 Å². The maximum atomic E-state index is 12.8. The van der Waals surface area contributed by atoms with Crippen molar-refractivity contribution >= 4 is 23.5 Å². The molecule has 0 N–H and O–H groups in total. The second kappa shape index (κ2) is 9.26. The third-order valence-corrected chi connectivity index (χ3v) is 6.44. The van der Waals surface area contributed by atoms with E-state index in [1.807, 2.05) is 12.1 Å². The van der Waals surface area contributed by atoms with Crippen molar-refractivity contribution in [3.63, 3.8) is 0 Å². The van der Waals surface area contributed by atoms with Gasteiger partial charge in [0.2, 0.25) is 5.91 Å². The maximum Gasteiger partial charge on any atom is 0.325 e. The molecule has 4 amide bonds. The highest BCUT2D eigenvalue weighted by molar-refractivity contribution is 5.96. The van der Waals surface area contributed by atoms with Crippen LogP contribution >= 0.6 is 0 Å². The number of piperazine rings is 1. The topological polar surface area (TPSA) is 73.4 Å². The number of rotatable bonds is 5. The molecule has 3 saturated heterocycles. The summed E-state index contributed by atoms with van der Waals surface area (Å²) in [5.74, 6) is 0.423. The Kier molecular flexibility index (Phi) is 6.46. The highest BCUT2D eigenvalue weighted by Gasteiger charge is 2.34. The van der Waals surface area contributed by atoms with E-state index in [9.17, 15) is 14.4 Å². The van der Waals surface area contributed by atoms with Crippen LogP contribution in [0.3, 0.4) is 0 Å². The number of nitrogens with zero attached hydrogens (tertiary/aromatic N) is 4. The number of urea groups is 1. The summed E-state index contributed by atoms with van der Waals surface area (Å²) >= 11 is 0. The van der Waals surface area contributed by atoms with Crippen LogP contribution in [0, 0.1) is 0 Å². The highest BCUT2D eigenvalue weighted by atomic mass is 16.5.